The largest absolute Gasteiger partial charge is 0.307 e. The Bertz CT molecular complexity index is 656. The number of nitrogens with one attached hydrogen (secondary N) is 2. The Balaban J connectivity index is 1.95. The van der Waals surface area contributed by atoms with Crippen LogP contribution in [0.3, 0.4) is 0 Å². The van der Waals surface area contributed by atoms with E-state index < -0.39 is 0 Å². The van der Waals surface area contributed by atoms with E-state index in [1.807, 2.05) is 60.7 Å². The molecule has 0 atom stereocenters. The van der Waals surface area contributed by atoms with E-state index in [4.69, 9.17) is 0 Å². The molecule has 0 radical (unpaired) electrons. The highest BCUT2D eigenvalue weighted by molar-refractivity contribution is 5.97. The number of aromatic nitrogens is 3. The topological polar surface area (TPSA) is 70.7 Å². The van der Waals surface area contributed by atoms with E-state index >= 15 is 0 Å². The van der Waals surface area contributed by atoms with E-state index in [1.165, 1.54) is 6.20 Å². The summed E-state index contributed by atoms with van der Waals surface area (Å²) in [6.45, 7) is 0. The van der Waals surface area contributed by atoms with Crippen LogP contribution in [-0.4, -0.2) is 21.3 Å². The van der Waals surface area contributed by atoms with Crippen molar-refractivity contribution in [1.29, 1.82) is 0 Å². The fourth-order valence-corrected chi connectivity index (χ4v) is 2.25. The van der Waals surface area contributed by atoms with Crippen LogP contribution in [0.4, 0.5) is 5.82 Å². The summed E-state index contributed by atoms with van der Waals surface area (Å²) in [7, 11) is 0. The molecule has 21 heavy (non-hydrogen) atoms. The summed E-state index contributed by atoms with van der Waals surface area (Å²) < 4.78 is 0. The smallest absolute Gasteiger partial charge is 0.237 e. The predicted molar refractivity (Wildman–Crippen MR) is 79.7 cm³/mol. The number of H-pyrrole nitrogens is 1. The van der Waals surface area contributed by atoms with Gasteiger partial charge in [0.2, 0.25) is 5.91 Å². The van der Waals surface area contributed by atoms with Crippen molar-refractivity contribution in [2.24, 2.45) is 0 Å². The summed E-state index contributed by atoms with van der Waals surface area (Å²) in [4.78, 5) is 12.6. The zero-order chi connectivity index (χ0) is 14.5. The third-order valence-electron chi connectivity index (χ3n) is 3.19. The average Bonchev–Trinajstić information content (AvgIpc) is 3.02. The molecule has 5 heteroatoms. The Hall–Kier alpha value is -2.95. The number of carbonyl (C=O) groups excluding carboxylic acids is 1. The van der Waals surface area contributed by atoms with Crippen LogP contribution in [0.1, 0.15) is 17.0 Å². The maximum Gasteiger partial charge on any atom is 0.237 e. The van der Waals surface area contributed by atoms with Gasteiger partial charge in [-0.3, -0.25) is 4.79 Å². The lowest BCUT2D eigenvalue weighted by Crippen LogP contribution is -2.22. The lowest BCUT2D eigenvalue weighted by atomic mass is 9.90. The lowest BCUT2D eigenvalue weighted by molar-refractivity contribution is -0.116. The first-order valence-electron chi connectivity index (χ1n) is 6.61. The SMILES string of the molecule is O=C(Nc1cn[nH]n1)C(c1ccccc1)c1ccccc1. The van der Waals surface area contributed by atoms with E-state index in [0.717, 1.165) is 11.1 Å². The fourth-order valence-electron chi connectivity index (χ4n) is 2.25. The van der Waals surface area contributed by atoms with Crippen molar-refractivity contribution in [2.75, 3.05) is 5.32 Å². The molecule has 0 fully saturated rings. The van der Waals surface area contributed by atoms with Gasteiger partial charge in [-0.2, -0.15) is 10.3 Å². The molecule has 0 spiro atoms. The second-order valence-electron chi connectivity index (χ2n) is 4.60. The Kier molecular flexibility index (Phi) is 3.73. The molecule has 3 rings (SSSR count). The second kappa shape index (κ2) is 6.00. The molecule has 0 aliphatic carbocycles. The van der Waals surface area contributed by atoms with Crippen LogP contribution in [0.2, 0.25) is 0 Å². The zero-order valence-electron chi connectivity index (χ0n) is 11.2. The van der Waals surface area contributed by atoms with Crippen LogP contribution < -0.4 is 5.32 Å². The molecule has 104 valence electrons. The Morgan fingerprint density at radius 3 is 2.00 bits per heavy atom. The Labute approximate surface area is 122 Å². The first-order chi connectivity index (χ1) is 10.3. The molecule has 0 unspecified atom stereocenters. The third-order valence-corrected chi connectivity index (χ3v) is 3.19. The number of rotatable bonds is 4. The van der Waals surface area contributed by atoms with E-state index in [9.17, 15) is 4.79 Å². The summed E-state index contributed by atoms with van der Waals surface area (Å²) in [6.07, 6.45) is 1.48. The third kappa shape index (κ3) is 2.97. The summed E-state index contributed by atoms with van der Waals surface area (Å²) in [5.74, 6) is -0.109. The van der Waals surface area contributed by atoms with Gasteiger partial charge in [-0.15, -0.1) is 5.10 Å². The van der Waals surface area contributed by atoms with Crippen LogP contribution in [-0.2, 0) is 4.79 Å². The van der Waals surface area contributed by atoms with Crippen molar-refractivity contribution in [1.82, 2.24) is 15.4 Å². The zero-order valence-corrected chi connectivity index (χ0v) is 11.2. The van der Waals surface area contributed by atoms with E-state index in [0.29, 0.717) is 5.82 Å². The Morgan fingerprint density at radius 2 is 1.52 bits per heavy atom. The van der Waals surface area contributed by atoms with Gasteiger partial charge in [-0.1, -0.05) is 60.7 Å². The van der Waals surface area contributed by atoms with Crippen molar-refractivity contribution in [3.05, 3.63) is 78.0 Å². The summed E-state index contributed by atoms with van der Waals surface area (Å²) in [5.41, 5.74) is 1.87. The number of amides is 1. The molecular weight excluding hydrogens is 264 g/mol. The molecule has 2 N–H and O–H groups in total. The van der Waals surface area contributed by atoms with Crippen molar-refractivity contribution < 1.29 is 4.79 Å². The molecule has 0 saturated carbocycles. The molecule has 5 nitrogen and oxygen atoms in total. The minimum Gasteiger partial charge on any atom is -0.307 e. The Morgan fingerprint density at radius 1 is 0.952 bits per heavy atom. The van der Waals surface area contributed by atoms with Gasteiger partial charge in [0.05, 0.1) is 12.1 Å². The number of hydrogen-bond donors (Lipinski definition) is 2. The highest BCUT2D eigenvalue weighted by Gasteiger charge is 2.23. The van der Waals surface area contributed by atoms with E-state index in [1.54, 1.807) is 0 Å². The van der Waals surface area contributed by atoms with Crippen LogP contribution in [0.15, 0.2) is 66.9 Å². The number of hydrogen-bond acceptors (Lipinski definition) is 3. The minimum atomic E-state index is -0.385. The van der Waals surface area contributed by atoms with Gasteiger partial charge in [-0.25, -0.2) is 0 Å². The quantitative estimate of drug-likeness (QED) is 0.770. The van der Waals surface area contributed by atoms with Gasteiger partial charge in [0.15, 0.2) is 5.82 Å². The van der Waals surface area contributed by atoms with Crippen molar-refractivity contribution >= 4 is 11.7 Å². The summed E-state index contributed by atoms with van der Waals surface area (Å²) in [5, 5.41) is 12.8. The standard InChI is InChI=1S/C16H14N4O/c21-16(18-14-11-17-20-19-14)15(12-7-3-1-4-8-12)13-9-5-2-6-10-13/h1-11,15H,(H2,17,18,19,20,21). The molecule has 3 aromatic rings. The van der Waals surface area contributed by atoms with Gasteiger partial charge in [0.1, 0.15) is 0 Å². The molecule has 0 saturated heterocycles. The number of anilines is 1. The van der Waals surface area contributed by atoms with E-state index in [-0.39, 0.29) is 11.8 Å². The fraction of sp³-hybridized carbons (Fsp3) is 0.0625. The van der Waals surface area contributed by atoms with E-state index in [2.05, 4.69) is 20.7 Å². The molecule has 1 heterocycles. The van der Waals surface area contributed by atoms with Crippen molar-refractivity contribution in [3.8, 4) is 0 Å². The molecule has 0 bridgehead atoms. The highest BCUT2D eigenvalue weighted by atomic mass is 16.2. The van der Waals surface area contributed by atoms with Gasteiger partial charge in [0.25, 0.3) is 0 Å². The van der Waals surface area contributed by atoms with Crippen LogP contribution in [0.25, 0.3) is 0 Å². The van der Waals surface area contributed by atoms with Gasteiger partial charge < -0.3 is 5.32 Å². The van der Waals surface area contributed by atoms with Crippen LogP contribution in [0.5, 0.6) is 0 Å². The predicted octanol–water partition coefficient (Wildman–Crippen LogP) is 2.58. The van der Waals surface area contributed by atoms with Crippen molar-refractivity contribution in [2.45, 2.75) is 5.92 Å². The average molecular weight is 278 g/mol. The van der Waals surface area contributed by atoms with Crippen LogP contribution in [0, 0.1) is 0 Å². The molecule has 0 aliphatic heterocycles. The number of nitrogens with zero attached hydrogens (tertiary/aromatic N) is 2. The normalized spacial score (nSPS) is 10.5. The van der Waals surface area contributed by atoms with Crippen LogP contribution >= 0.6 is 0 Å². The summed E-state index contributed by atoms with van der Waals surface area (Å²) in [6, 6.07) is 19.3. The number of carbonyl (C=O) groups is 1. The molecule has 2 aromatic carbocycles. The molecule has 0 aliphatic rings. The molecule has 1 aromatic heterocycles. The van der Waals surface area contributed by atoms with Gasteiger partial charge >= 0.3 is 0 Å². The monoisotopic (exact) mass is 278 g/mol. The second-order valence-corrected chi connectivity index (χ2v) is 4.60. The van der Waals surface area contributed by atoms with Gasteiger partial charge in [-0.05, 0) is 11.1 Å². The first kappa shape index (κ1) is 13.1. The maximum absolute atomic E-state index is 12.6. The van der Waals surface area contributed by atoms with Gasteiger partial charge in [0, 0.05) is 0 Å². The number of aromatic amines is 1. The maximum atomic E-state index is 12.6. The minimum absolute atomic E-state index is 0.138. The molecular formula is C16H14N4O. The lowest BCUT2D eigenvalue weighted by Gasteiger charge is -2.16. The summed E-state index contributed by atoms with van der Waals surface area (Å²) >= 11 is 0. The first-order valence-corrected chi connectivity index (χ1v) is 6.61. The molecule has 1 amide bonds. The van der Waals surface area contributed by atoms with Crippen molar-refractivity contribution in [3.63, 3.8) is 0 Å². The number of benzene rings is 2. The highest BCUT2D eigenvalue weighted by Crippen LogP contribution is 2.25.